The topological polar surface area (TPSA) is 25.4 Å². The Morgan fingerprint density at radius 2 is 1.61 bits per heavy atom. The largest absolute Gasteiger partial charge is 0.439 e. The van der Waals surface area contributed by atoms with Crippen molar-refractivity contribution in [3.8, 4) is 5.75 Å². The minimum Gasteiger partial charge on any atom is -0.439 e. The van der Waals surface area contributed by atoms with E-state index >= 15 is 0 Å². The number of rotatable bonds is 2. The Labute approximate surface area is 205 Å². The molecular formula is C16H18I4N2O. The Morgan fingerprint density at radius 1 is 0.957 bits per heavy atom. The van der Waals surface area contributed by atoms with Gasteiger partial charge < -0.3 is 9.64 Å². The normalized spacial score (nSPS) is 13.1. The van der Waals surface area contributed by atoms with Crippen LogP contribution in [0, 0.1) is 0 Å². The van der Waals surface area contributed by atoms with Crippen molar-refractivity contribution in [1.29, 1.82) is 0 Å². The second-order valence-corrected chi connectivity index (χ2v) is 4.27. The molecule has 126 valence electrons. The number of para-hydroxylation sites is 2. The summed E-state index contributed by atoms with van der Waals surface area (Å²) in [7, 11) is 2.00. The fraction of sp³-hybridized carbons (Fsp3) is 0.0625. The van der Waals surface area contributed by atoms with Gasteiger partial charge >= 0.3 is 0 Å². The van der Waals surface area contributed by atoms with Crippen LogP contribution in [0.4, 0.5) is 5.69 Å². The third-order valence-electron chi connectivity index (χ3n) is 3.01. The quantitative estimate of drug-likeness (QED) is 0.355. The molecule has 1 aliphatic heterocycles. The van der Waals surface area contributed by atoms with E-state index in [1.165, 1.54) is 0 Å². The van der Waals surface area contributed by atoms with Gasteiger partial charge in [-0.1, -0.05) is 24.3 Å². The minimum absolute atomic E-state index is 0. The first-order valence-corrected chi connectivity index (χ1v) is 6.13. The molecule has 0 unspecified atom stereocenters. The summed E-state index contributed by atoms with van der Waals surface area (Å²) >= 11 is 0. The average molecular weight is 762 g/mol. The van der Waals surface area contributed by atoms with E-state index in [4.69, 9.17) is 4.74 Å². The summed E-state index contributed by atoms with van der Waals surface area (Å²) in [6.45, 7) is 0. The zero-order valence-electron chi connectivity index (χ0n) is 12.3. The van der Waals surface area contributed by atoms with Crippen molar-refractivity contribution in [1.82, 2.24) is 4.98 Å². The highest BCUT2D eigenvalue weighted by Gasteiger charge is 2.21. The van der Waals surface area contributed by atoms with Crippen molar-refractivity contribution in [3.05, 3.63) is 72.4 Å². The molecule has 0 atom stereocenters. The van der Waals surface area contributed by atoms with Gasteiger partial charge in [0.25, 0.3) is 0 Å². The first-order chi connectivity index (χ1) is 9.34. The number of allylic oxidation sites excluding steroid dienone is 2. The minimum atomic E-state index is 0. The van der Waals surface area contributed by atoms with Crippen molar-refractivity contribution < 1.29 is 4.74 Å². The van der Waals surface area contributed by atoms with Crippen LogP contribution in [0.2, 0.25) is 0 Å². The molecule has 0 spiro atoms. The van der Waals surface area contributed by atoms with E-state index in [0.717, 1.165) is 22.9 Å². The lowest BCUT2D eigenvalue weighted by atomic mass is 10.2. The van der Waals surface area contributed by atoms with Gasteiger partial charge in [-0.2, -0.15) is 0 Å². The Kier molecular flexibility index (Phi) is 14.1. The standard InChI is InChI=1S/C16H14N2O.4HI/c1-18-14-6-2-3-7-15(14)19-16(18)8-4-5-13-9-11-17-12-10-13;;;;/h2-12H,1H3;4*1H. The van der Waals surface area contributed by atoms with Gasteiger partial charge in [0.15, 0.2) is 11.6 Å². The van der Waals surface area contributed by atoms with Crippen LogP contribution < -0.4 is 9.64 Å². The van der Waals surface area contributed by atoms with Gasteiger partial charge in [0, 0.05) is 19.4 Å². The monoisotopic (exact) mass is 762 g/mol. The van der Waals surface area contributed by atoms with Crippen LogP contribution in [0.5, 0.6) is 5.75 Å². The summed E-state index contributed by atoms with van der Waals surface area (Å²) < 4.78 is 5.78. The average Bonchev–Trinajstić information content (AvgIpc) is 2.78. The molecule has 7 heteroatoms. The summed E-state index contributed by atoms with van der Waals surface area (Å²) in [6, 6.07) is 11.9. The Hall–Kier alpha value is 0.370. The lowest BCUT2D eigenvalue weighted by Crippen LogP contribution is -2.12. The first-order valence-electron chi connectivity index (χ1n) is 6.13. The van der Waals surface area contributed by atoms with Crippen molar-refractivity contribution >= 4 is 108 Å². The molecule has 3 rings (SSSR count). The molecule has 0 amide bonds. The third-order valence-corrected chi connectivity index (χ3v) is 3.01. The van der Waals surface area contributed by atoms with Crippen LogP contribution >= 0.6 is 95.9 Å². The number of pyridine rings is 1. The molecular weight excluding hydrogens is 744 g/mol. The molecule has 23 heavy (non-hydrogen) atoms. The van der Waals surface area contributed by atoms with Crippen molar-refractivity contribution in [2.45, 2.75) is 0 Å². The Balaban J connectivity index is 0. The van der Waals surface area contributed by atoms with Gasteiger partial charge in [-0.05, 0) is 35.9 Å². The highest BCUT2D eigenvalue weighted by atomic mass is 127. The smallest absolute Gasteiger partial charge is 0.200 e. The lowest BCUT2D eigenvalue weighted by molar-refractivity contribution is 0.444. The van der Waals surface area contributed by atoms with Crippen molar-refractivity contribution in [2.75, 3.05) is 11.9 Å². The number of hydrogen-bond donors (Lipinski definition) is 0. The van der Waals surface area contributed by atoms with E-state index in [9.17, 15) is 0 Å². The molecule has 0 N–H and O–H groups in total. The molecule has 1 aliphatic rings. The Bertz CT molecular complexity index is 648. The van der Waals surface area contributed by atoms with Crippen molar-refractivity contribution in [3.63, 3.8) is 0 Å². The number of aromatic nitrogens is 1. The number of benzene rings is 1. The van der Waals surface area contributed by atoms with E-state index in [1.807, 2.05) is 66.6 Å². The number of halogens is 4. The zero-order chi connectivity index (χ0) is 13.1. The zero-order valence-corrected chi connectivity index (χ0v) is 21.6. The summed E-state index contributed by atoms with van der Waals surface area (Å²) in [4.78, 5) is 6.02. The van der Waals surface area contributed by atoms with Gasteiger partial charge in [0.2, 0.25) is 0 Å². The van der Waals surface area contributed by atoms with Gasteiger partial charge in [-0.25, -0.2) is 0 Å². The SMILES string of the molecule is CN1C(=CC=Cc2ccncc2)Oc2ccccc21.I.I.I.I. The number of anilines is 1. The fourth-order valence-corrected chi connectivity index (χ4v) is 1.98. The van der Waals surface area contributed by atoms with E-state index in [0.29, 0.717) is 0 Å². The molecule has 0 saturated heterocycles. The molecule has 2 aromatic rings. The molecule has 3 nitrogen and oxygen atoms in total. The van der Waals surface area contributed by atoms with Crippen LogP contribution in [0.15, 0.2) is 66.8 Å². The second-order valence-electron chi connectivity index (χ2n) is 4.27. The van der Waals surface area contributed by atoms with E-state index < -0.39 is 0 Å². The molecule has 0 bridgehead atoms. The number of nitrogens with zero attached hydrogens (tertiary/aromatic N) is 2. The highest BCUT2D eigenvalue weighted by molar-refractivity contribution is 14.0. The van der Waals surface area contributed by atoms with Crippen LogP contribution in [-0.4, -0.2) is 12.0 Å². The maximum atomic E-state index is 5.78. The van der Waals surface area contributed by atoms with Crippen molar-refractivity contribution in [2.24, 2.45) is 0 Å². The number of hydrogen-bond acceptors (Lipinski definition) is 3. The van der Waals surface area contributed by atoms with Crippen LogP contribution in [-0.2, 0) is 0 Å². The van der Waals surface area contributed by atoms with E-state index in [2.05, 4.69) is 4.98 Å². The molecule has 0 saturated carbocycles. The number of fused-ring (bicyclic) bond motifs is 1. The Morgan fingerprint density at radius 3 is 2.26 bits per heavy atom. The third kappa shape index (κ3) is 6.65. The predicted molar refractivity (Wildman–Crippen MR) is 138 cm³/mol. The molecule has 0 radical (unpaired) electrons. The maximum Gasteiger partial charge on any atom is 0.200 e. The summed E-state index contributed by atoms with van der Waals surface area (Å²) in [5, 5.41) is 0. The van der Waals surface area contributed by atoms with Gasteiger partial charge in [-0.3, -0.25) is 4.98 Å². The summed E-state index contributed by atoms with van der Waals surface area (Å²) in [5.74, 6) is 1.72. The lowest BCUT2D eigenvalue weighted by Gasteiger charge is -2.09. The van der Waals surface area contributed by atoms with Crippen LogP contribution in [0.3, 0.4) is 0 Å². The van der Waals surface area contributed by atoms with Gasteiger partial charge in [0.05, 0.1) is 5.69 Å². The fourth-order valence-electron chi connectivity index (χ4n) is 1.98. The van der Waals surface area contributed by atoms with E-state index in [-0.39, 0.29) is 95.9 Å². The van der Waals surface area contributed by atoms with Gasteiger partial charge in [0.1, 0.15) is 0 Å². The molecule has 0 aliphatic carbocycles. The molecule has 2 heterocycles. The maximum absolute atomic E-state index is 5.78. The predicted octanol–water partition coefficient (Wildman–Crippen LogP) is 5.94. The molecule has 0 fully saturated rings. The second kappa shape index (κ2) is 12.7. The van der Waals surface area contributed by atoms with Gasteiger partial charge in [-0.15, -0.1) is 95.9 Å². The first kappa shape index (κ1) is 25.6. The summed E-state index contributed by atoms with van der Waals surface area (Å²) in [6.07, 6.45) is 9.52. The highest BCUT2D eigenvalue weighted by Crippen LogP contribution is 2.37. The van der Waals surface area contributed by atoms with E-state index in [1.54, 1.807) is 12.4 Å². The molecule has 1 aromatic carbocycles. The number of ether oxygens (including phenoxy) is 1. The van der Waals surface area contributed by atoms with Crippen LogP contribution in [0.25, 0.3) is 6.08 Å². The summed E-state index contributed by atoms with van der Waals surface area (Å²) in [5.41, 5.74) is 2.20. The van der Waals surface area contributed by atoms with Crippen LogP contribution in [0.1, 0.15) is 5.56 Å². The molecule has 1 aromatic heterocycles.